The second-order valence-corrected chi connectivity index (χ2v) is 6.63. The van der Waals surface area contributed by atoms with Gasteiger partial charge < -0.3 is 4.90 Å². The van der Waals surface area contributed by atoms with Crippen LogP contribution in [-0.4, -0.2) is 33.7 Å². The summed E-state index contributed by atoms with van der Waals surface area (Å²) in [6, 6.07) is 7.22. The molecule has 1 aromatic carbocycles. The number of hydrogen-bond donors (Lipinski definition) is 0. The van der Waals surface area contributed by atoms with E-state index in [2.05, 4.69) is 12.0 Å². The topological polar surface area (TPSA) is 55.2 Å². The van der Waals surface area contributed by atoms with Gasteiger partial charge in [-0.1, -0.05) is 25.1 Å². The number of likely N-dealkylation sites (tertiary alicyclic amines) is 1. The Labute approximate surface area is 128 Å². The lowest BCUT2D eigenvalue weighted by molar-refractivity contribution is 0.0758. The molecule has 4 rings (SSSR count). The third kappa shape index (κ3) is 1.74. The molecule has 5 heteroatoms. The minimum Gasteiger partial charge on any atom is -0.336 e. The van der Waals surface area contributed by atoms with Crippen LogP contribution in [0.5, 0.6) is 0 Å². The fourth-order valence-corrected chi connectivity index (χ4v) is 3.90. The number of nitrogens with zero attached hydrogens (tertiary/aromatic N) is 3. The molecule has 0 radical (unpaired) electrons. The minimum atomic E-state index is -0.165. The predicted molar refractivity (Wildman–Crippen MR) is 83.7 cm³/mol. The molecule has 0 bridgehead atoms. The third-order valence-corrected chi connectivity index (χ3v) is 5.46. The molecule has 2 unspecified atom stereocenters. The molecule has 114 valence electrons. The molecule has 2 aliphatic rings. The molecule has 22 heavy (non-hydrogen) atoms. The Hall–Kier alpha value is -2.17. The number of fused-ring (bicyclic) bond motifs is 2. The van der Waals surface area contributed by atoms with Crippen LogP contribution in [0.3, 0.4) is 0 Å². The zero-order valence-electron chi connectivity index (χ0n) is 12.9. The Balaban J connectivity index is 1.77. The summed E-state index contributed by atoms with van der Waals surface area (Å²) in [5.74, 6) is 0.604. The van der Waals surface area contributed by atoms with Crippen molar-refractivity contribution in [1.29, 1.82) is 0 Å². The summed E-state index contributed by atoms with van der Waals surface area (Å²) in [4.78, 5) is 27.0. The summed E-state index contributed by atoms with van der Waals surface area (Å²) in [6.07, 6.45) is 2.37. The van der Waals surface area contributed by atoms with Crippen molar-refractivity contribution in [2.75, 3.05) is 13.1 Å². The van der Waals surface area contributed by atoms with Crippen LogP contribution in [0.1, 0.15) is 30.3 Å². The van der Waals surface area contributed by atoms with Gasteiger partial charge in [0.15, 0.2) is 5.69 Å². The molecule has 2 heterocycles. The SMILES string of the molecule is CCC12CC1CN(C(=O)c1nn(C)c(=O)c3ccccc13)C2. The first-order valence-electron chi connectivity index (χ1n) is 7.81. The van der Waals surface area contributed by atoms with Crippen LogP contribution in [0.25, 0.3) is 10.8 Å². The molecule has 1 saturated carbocycles. The van der Waals surface area contributed by atoms with Gasteiger partial charge in [0.25, 0.3) is 11.5 Å². The maximum absolute atomic E-state index is 12.9. The molecule has 1 saturated heterocycles. The van der Waals surface area contributed by atoms with Crippen LogP contribution in [0.15, 0.2) is 29.1 Å². The number of rotatable bonds is 2. The zero-order chi connectivity index (χ0) is 15.5. The average Bonchev–Trinajstić information content (AvgIpc) is 3.11. The van der Waals surface area contributed by atoms with Crippen molar-refractivity contribution in [2.24, 2.45) is 18.4 Å². The van der Waals surface area contributed by atoms with Crippen molar-refractivity contribution < 1.29 is 4.79 Å². The number of carbonyl (C=O) groups excluding carboxylic acids is 1. The van der Waals surface area contributed by atoms with Crippen molar-refractivity contribution in [2.45, 2.75) is 19.8 Å². The first kappa shape index (κ1) is 13.5. The molecule has 1 aromatic heterocycles. The minimum absolute atomic E-state index is 0.0492. The smallest absolute Gasteiger partial charge is 0.274 e. The van der Waals surface area contributed by atoms with E-state index in [4.69, 9.17) is 0 Å². The maximum atomic E-state index is 12.9. The van der Waals surface area contributed by atoms with Crippen LogP contribution in [-0.2, 0) is 7.05 Å². The van der Waals surface area contributed by atoms with Crippen molar-refractivity contribution in [3.63, 3.8) is 0 Å². The fraction of sp³-hybridized carbons (Fsp3) is 0.471. The number of carbonyl (C=O) groups is 1. The molecule has 1 aliphatic carbocycles. The lowest BCUT2D eigenvalue weighted by atomic mass is 10.0. The molecule has 1 amide bonds. The first-order chi connectivity index (χ1) is 10.6. The van der Waals surface area contributed by atoms with E-state index in [0.717, 1.165) is 19.5 Å². The molecule has 1 aliphatic heterocycles. The normalized spacial score (nSPS) is 26.3. The van der Waals surface area contributed by atoms with Crippen molar-refractivity contribution >= 4 is 16.7 Å². The van der Waals surface area contributed by atoms with E-state index in [1.165, 1.54) is 11.1 Å². The van der Waals surface area contributed by atoms with E-state index in [1.54, 1.807) is 13.1 Å². The van der Waals surface area contributed by atoms with E-state index in [1.807, 2.05) is 23.1 Å². The number of aromatic nitrogens is 2. The van der Waals surface area contributed by atoms with Gasteiger partial charge in [0.05, 0.1) is 5.39 Å². The van der Waals surface area contributed by atoms with Gasteiger partial charge >= 0.3 is 0 Å². The van der Waals surface area contributed by atoms with E-state index >= 15 is 0 Å². The van der Waals surface area contributed by atoms with Crippen molar-refractivity contribution in [3.05, 3.63) is 40.3 Å². The van der Waals surface area contributed by atoms with Gasteiger partial charge in [-0.2, -0.15) is 5.10 Å². The second kappa shape index (κ2) is 4.41. The molecule has 5 nitrogen and oxygen atoms in total. The van der Waals surface area contributed by atoms with Crippen molar-refractivity contribution in [3.8, 4) is 0 Å². The Morgan fingerprint density at radius 2 is 2.09 bits per heavy atom. The van der Waals surface area contributed by atoms with Crippen LogP contribution in [0.2, 0.25) is 0 Å². The quantitative estimate of drug-likeness (QED) is 0.849. The highest BCUT2D eigenvalue weighted by Gasteiger charge is 2.59. The van der Waals surface area contributed by atoms with E-state index in [9.17, 15) is 9.59 Å². The zero-order valence-corrected chi connectivity index (χ0v) is 12.9. The van der Waals surface area contributed by atoms with Gasteiger partial charge in [0.1, 0.15) is 0 Å². The van der Waals surface area contributed by atoms with Gasteiger partial charge in [0, 0.05) is 25.5 Å². The van der Waals surface area contributed by atoms with Gasteiger partial charge in [-0.3, -0.25) is 9.59 Å². The van der Waals surface area contributed by atoms with Gasteiger partial charge in [-0.05, 0) is 30.2 Å². The van der Waals surface area contributed by atoms with Gasteiger partial charge in [0.2, 0.25) is 0 Å². The summed E-state index contributed by atoms with van der Waals surface area (Å²) in [7, 11) is 1.60. The molecule has 0 spiro atoms. The molecule has 2 fully saturated rings. The van der Waals surface area contributed by atoms with E-state index in [-0.39, 0.29) is 11.5 Å². The number of hydrogen-bond acceptors (Lipinski definition) is 3. The fourth-order valence-electron chi connectivity index (χ4n) is 3.90. The highest BCUT2D eigenvalue weighted by atomic mass is 16.2. The summed E-state index contributed by atoms with van der Waals surface area (Å²) in [5.41, 5.74) is 0.582. The van der Waals surface area contributed by atoms with Crippen LogP contribution in [0.4, 0.5) is 0 Å². The molecule has 0 N–H and O–H groups in total. The Morgan fingerprint density at radius 1 is 1.36 bits per heavy atom. The van der Waals surface area contributed by atoms with Gasteiger partial charge in [-0.25, -0.2) is 4.68 Å². The summed E-state index contributed by atoms with van der Waals surface area (Å²) < 4.78 is 1.27. The summed E-state index contributed by atoms with van der Waals surface area (Å²) >= 11 is 0. The largest absolute Gasteiger partial charge is 0.336 e. The Bertz CT molecular complexity index is 837. The molecular weight excluding hydrogens is 278 g/mol. The number of benzene rings is 1. The number of piperidine rings is 1. The standard InChI is InChI=1S/C17H19N3O2/c1-3-17-8-11(17)9-20(10-17)16(22)14-12-6-4-5-7-13(12)15(21)19(2)18-14/h4-7,11H,3,8-10H2,1-2H3. The Kier molecular flexibility index (Phi) is 2.71. The average molecular weight is 297 g/mol. The van der Waals surface area contributed by atoms with Crippen LogP contribution < -0.4 is 5.56 Å². The lowest BCUT2D eigenvalue weighted by Gasteiger charge is -2.21. The predicted octanol–water partition coefficient (Wildman–Crippen LogP) is 1.81. The monoisotopic (exact) mass is 297 g/mol. The highest BCUT2D eigenvalue weighted by Crippen LogP contribution is 2.60. The second-order valence-electron chi connectivity index (χ2n) is 6.63. The molecule has 2 atom stereocenters. The van der Waals surface area contributed by atoms with E-state index in [0.29, 0.717) is 27.8 Å². The van der Waals surface area contributed by atoms with Crippen LogP contribution in [0, 0.1) is 11.3 Å². The number of amides is 1. The maximum Gasteiger partial charge on any atom is 0.274 e. The Morgan fingerprint density at radius 3 is 2.77 bits per heavy atom. The number of aryl methyl sites for hydroxylation is 1. The third-order valence-electron chi connectivity index (χ3n) is 5.46. The lowest BCUT2D eigenvalue weighted by Crippen LogP contribution is -2.34. The first-order valence-corrected chi connectivity index (χ1v) is 7.81. The van der Waals surface area contributed by atoms with Crippen LogP contribution >= 0.6 is 0 Å². The summed E-state index contributed by atoms with van der Waals surface area (Å²) in [5, 5.41) is 5.45. The summed E-state index contributed by atoms with van der Waals surface area (Å²) in [6.45, 7) is 3.85. The molecule has 2 aromatic rings. The van der Waals surface area contributed by atoms with E-state index < -0.39 is 0 Å². The van der Waals surface area contributed by atoms with Crippen molar-refractivity contribution in [1.82, 2.24) is 14.7 Å². The highest BCUT2D eigenvalue weighted by molar-refractivity contribution is 6.04. The van der Waals surface area contributed by atoms with Gasteiger partial charge in [-0.15, -0.1) is 0 Å². The molecular formula is C17H19N3O2.